The summed E-state index contributed by atoms with van der Waals surface area (Å²) in [4.78, 5) is 12.4. The summed E-state index contributed by atoms with van der Waals surface area (Å²) in [7, 11) is 1.28. The number of methoxy groups -OCH3 is 1. The van der Waals surface area contributed by atoms with Gasteiger partial charge in [0, 0.05) is 11.4 Å². The molecule has 1 heterocycles. The van der Waals surface area contributed by atoms with Crippen molar-refractivity contribution in [2.24, 2.45) is 0 Å². The molecular formula is C24H24F3NO2. The number of carbonyl (C=O) groups is 1. The number of alkyl halides is 3. The molecule has 158 valence electrons. The maximum Gasteiger partial charge on any atom is 0.416 e. The van der Waals surface area contributed by atoms with Gasteiger partial charge < -0.3 is 9.30 Å². The molecule has 0 aliphatic carbocycles. The summed E-state index contributed by atoms with van der Waals surface area (Å²) in [5.74, 6) is -0.535. The zero-order valence-corrected chi connectivity index (χ0v) is 17.6. The molecule has 0 radical (unpaired) electrons. The first kappa shape index (κ1) is 21.7. The topological polar surface area (TPSA) is 31.2 Å². The van der Waals surface area contributed by atoms with Gasteiger partial charge in [-0.25, -0.2) is 4.79 Å². The molecule has 2 aromatic carbocycles. The summed E-state index contributed by atoms with van der Waals surface area (Å²) >= 11 is 0. The maximum atomic E-state index is 13.3. The van der Waals surface area contributed by atoms with E-state index in [1.807, 2.05) is 28.8 Å². The van der Waals surface area contributed by atoms with Crippen molar-refractivity contribution in [1.29, 1.82) is 0 Å². The summed E-state index contributed by atoms with van der Waals surface area (Å²) in [6.07, 6.45) is -4.46. The van der Waals surface area contributed by atoms with Gasteiger partial charge in [-0.1, -0.05) is 51.1 Å². The van der Waals surface area contributed by atoms with Crippen LogP contribution in [0.25, 0.3) is 16.9 Å². The number of benzene rings is 2. The predicted molar refractivity (Wildman–Crippen MR) is 111 cm³/mol. The second kappa shape index (κ2) is 7.67. The predicted octanol–water partition coefficient (Wildman–Crippen LogP) is 6.56. The number of ether oxygens (including phenoxy) is 1. The van der Waals surface area contributed by atoms with E-state index in [9.17, 15) is 18.0 Å². The molecule has 0 amide bonds. The quantitative estimate of drug-likeness (QED) is 0.454. The van der Waals surface area contributed by atoms with Crippen LogP contribution < -0.4 is 0 Å². The van der Waals surface area contributed by atoms with E-state index in [1.165, 1.54) is 13.2 Å². The molecule has 3 rings (SSSR count). The van der Waals surface area contributed by atoms with Crippen molar-refractivity contribution in [3.05, 3.63) is 77.0 Å². The Labute approximate surface area is 174 Å². The third-order valence-electron chi connectivity index (χ3n) is 5.09. The van der Waals surface area contributed by atoms with Gasteiger partial charge in [-0.05, 0) is 47.7 Å². The zero-order valence-electron chi connectivity index (χ0n) is 17.6. The van der Waals surface area contributed by atoms with Gasteiger partial charge in [0.2, 0.25) is 0 Å². The minimum absolute atomic E-state index is 0.218. The van der Waals surface area contributed by atoms with Crippen molar-refractivity contribution in [2.45, 2.75) is 39.3 Å². The second-order valence-corrected chi connectivity index (χ2v) is 8.20. The molecular weight excluding hydrogens is 391 g/mol. The van der Waals surface area contributed by atoms with E-state index in [0.717, 1.165) is 23.4 Å². The lowest BCUT2D eigenvalue weighted by atomic mass is 9.85. The lowest BCUT2D eigenvalue weighted by Gasteiger charge is -2.25. The molecule has 3 aromatic rings. The SMILES string of the molecule is COC(=O)c1cc(-c2cccc(C(F)(F)F)c2)n(-c2ccccc2C(C)(C)C)c1C. The van der Waals surface area contributed by atoms with Crippen LogP contribution in [0.2, 0.25) is 0 Å². The summed E-state index contributed by atoms with van der Waals surface area (Å²) in [5.41, 5.74) is 2.64. The summed E-state index contributed by atoms with van der Waals surface area (Å²) in [6, 6.07) is 14.4. The van der Waals surface area contributed by atoms with Crippen molar-refractivity contribution in [1.82, 2.24) is 4.57 Å². The van der Waals surface area contributed by atoms with E-state index in [0.29, 0.717) is 22.5 Å². The Bertz CT molecular complexity index is 1090. The highest BCUT2D eigenvalue weighted by Crippen LogP contribution is 2.37. The molecule has 0 spiro atoms. The number of para-hydroxylation sites is 1. The second-order valence-electron chi connectivity index (χ2n) is 8.20. The van der Waals surface area contributed by atoms with Crippen molar-refractivity contribution in [2.75, 3.05) is 7.11 Å². The van der Waals surface area contributed by atoms with Gasteiger partial charge >= 0.3 is 12.1 Å². The Kier molecular flexibility index (Phi) is 5.54. The Morgan fingerprint density at radius 2 is 1.63 bits per heavy atom. The van der Waals surface area contributed by atoms with Crippen molar-refractivity contribution < 1.29 is 22.7 Å². The average molecular weight is 415 g/mol. The van der Waals surface area contributed by atoms with E-state index >= 15 is 0 Å². The molecule has 0 fully saturated rings. The highest BCUT2D eigenvalue weighted by molar-refractivity contribution is 5.93. The van der Waals surface area contributed by atoms with Crippen molar-refractivity contribution >= 4 is 5.97 Å². The van der Waals surface area contributed by atoms with Crippen LogP contribution in [0.5, 0.6) is 0 Å². The van der Waals surface area contributed by atoms with E-state index < -0.39 is 17.7 Å². The first-order chi connectivity index (χ1) is 13.9. The standard InChI is InChI=1S/C24H24F3NO2/c1-15-18(22(29)30-5)14-21(16-9-8-10-17(13-16)24(25,26)27)28(15)20-12-7-6-11-19(20)23(2,3)4/h6-14H,1-5H3. The van der Waals surface area contributed by atoms with Crippen molar-refractivity contribution in [3.63, 3.8) is 0 Å². The normalized spacial score (nSPS) is 12.1. The fourth-order valence-electron chi connectivity index (χ4n) is 3.60. The van der Waals surface area contributed by atoms with Crippen LogP contribution in [-0.2, 0) is 16.3 Å². The average Bonchev–Trinajstić information content (AvgIpc) is 3.03. The van der Waals surface area contributed by atoms with Crippen LogP contribution in [0, 0.1) is 6.92 Å². The van der Waals surface area contributed by atoms with Crippen LogP contribution in [0.3, 0.4) is 0 Å². The van der Waals surface area contributed by atoms with Gasteiger partial charge in [-0.15, -0.1) is 0 Å². The molecule has 0 aliphatic heterocycles. The molecule has 30 heavy (non-hydrogen) atoms. The Morgan fingerprint density at radius 3 is 2.23 bits per heavy atom. The first-order valence-corrected chi connectivity index (χ1v) is 9.53. The number of nitrogens with zero attached hydrogens (tertiary/aromatic N) is 1. The monoisotopic (exact) mass is 415 g/mol. The summed E-state index contributed by atoms with van der Waals surface area (Å²) < 4.78 is 46.7. The molecule has 0 saturated heterocycles. The van der Waals surface area contributed by atoms with Gasteiger partial charge in [0.05, 0.1) is 23.9 Å². The van der Waals surface area contributed by atoms with Crippen molar-refractivity contribution in [3.8, 4) is 16.9 Å². The zero-order chi connectivity index (χ0) is 22.3. The highest BCUT2D eigenvalue weighted by Gasteiger charge is 2.31. The van der Waals surface area contributed by atoms with E-state index in [1.54, 1.807) is 19.1 Å². The van der Waals surface area contributed by atoms with Gasteiger partial charge in [0.1, 0.15) is 0 Å². The number of rotatable bonds is 3. The molecule has 0 unspecified atom stereocenters. The fraction of sp³-hybridized carbons (Fsp3) is 0.292. The third-order valence-corrected chi connectivity index (χ3v) is 5.09. The summed E-state index contributed by atoms with van der Waals surface area (Å²) in [6.45, 7) is 7.96. The fourth-order valence-corrected chi connectivity index (χ4v) is 3.60. The molecule has 0 aliphatic rings. The van der Waals surface area contributed by atoms with Gasteiger partial charge in [-0.3, -0.25) is 0 Å². The number of aromatic nitrogens is 1. The van der Waals surface area contributed by atoms with Gasteiger partial charge in [0.15, 0.2) is 0 Å². The van der Waals surface area contributed by atoms with E-state index in [4.69, 9.17) is 4.74 Å². The molecule has 0 N–H and O–H groups in total. The third kappa shape index (κ3) is 3.99. The highest BCUT2D eigenvalue weighted by atomic mass is 19.4. The van der Waals surface area contributed by atoms with Gasteiger partial charge in [-0.2, -0.15) is 13.2 Å². The van der Waals surface area contributed by atoms with Crippen LogP contribution >= 0.6 is 0 Å². The minimum atomic E-state index is -4.46. The van der Waals surface area contributed by atoms with Crippen LogP contribution in [0.15, 0.2) is 54.6 Å². The smallest absolute Gasteiger partial charge is 0.416 e. The summed E-state index contributed by atoms with van der Waals surface area (Å²) in [5, 5.41) is 0. The molecule has 1 aromatic heterocycles. The minimum Gasteiger partial charge on any atom is -0.465 e. The van der Waals surface area contributed by atoms with Gasteiger partial charge in [0.25, 0.3) is 0 Å². The number of hydrogen-bond donors (Lipinski definition) is 0. The Balaban J connectivity index is 2.36. The molecule has 0 saturated carbocycles. The molecule has 0 atom stereocenters. The number of esters is 1. The lowest BCUT2D eigenvalue weighted by Crippen LogP contribution is -2.16. The van der Waals surface area contributed by atoms with E-state index in [2.05, 4.69) is 20.8 Å². The molecule has 6 heteroatoms. The number of hydrogen-bond acceptors (Lipinski definition) is 2. The van der Waals surface area contributed by atoms with Crippen LogP contribution in [0.4, 0.5) is 13.2 Å². The first-order valence-electron chi connectivity index (χ1n) is 9.53. The molecule has 0 bridgehead atoms. The van der Waals surface area contributed by atoms with Crippen LogP contribution in [0.1, 0.15) is 48.0 Å². The van der Waals surface area contributed by atoms with Crippen LogP contribution in [-0.4, -0.2) is 17.6 Å². The molecule has 3 nitrogen and oxygen atoms in total. The Hall–Kier alpha value is -3.02. The van der Waals surface area contributed by atoms with E-state index in [-0.39, 0.29) is 5.41 Å². The number of halogens is 3. The number of carbonyl (C=O) groups excluding carboxylic acids is 1. The Morgan fingerprint density at radius 1 is 0.967 bits per heavy atom. The largest absolute Gasteiger partial charge is 0.465 e. The maximum absolute atomic E-state index is 13.3. The lowest BCUT2D eigenvalue weighted by molar-refractivity contribution is -0.137.